The summed E-state index contributed by atoms with van der Waals surface area (Å²) >= 11 is -0.171. The van der Waals surface area contributed by atoms with E-state index in [1.54, 1.807) is 0 Å². The Hall–Kier alpha value is 0.738. The molecule has 0 aliphatic carbocycles. The zero-order valence-electron chi connectivity index (χ0n) is 4.86. The van der Waals surface area contributed by atoms with Gasteiger partial charge in [0.15, 0.2) is 0 Å². The topological polar surface area (TPSA) is 24.1 Å². The van der Waals surface area contributed by atoms with Crippen LogP contribution in [0.4, 0.5) is 0 Å². The number of hydrogen-bond acceptors (Lipinski definition) is 2. The molecule has 0 fully saturated rings. The maximum absolute atomic E-state index is 3.29. The van der Waals surface area contributed by atoms with E-state index in [0.717, 1.165) is 13.1 Å². The van der Waals surface area contributed by atoms with Gasteiger partial charge in [-0.25, -0.2) is 0 Å². The Morgan fingerprint density at radius 2 is 1.57 bits per heavy atom. The standard InChI is InChI=1S/2C2H6N.Sb/c2*1-2-3;/h2*3H,2H2,1H3;/q2*-1;+2. The molecule has 43 valence electrons. The van der Waals surface area contributed by atoms with Gasteiger partial charge in [-0.05, 0) is 0 Å². The summed E-state index contributed by atoms with van der Waals surface area (Å²) in [7, 11) is 0. The molecule has 2 nitrogen and oxygen atoms in total. The summed E-state index contributed by atoms with van der Waals surface area (Å²) in [6.45, 7) is 6.49. The van der Waals surface area contributed by atoms with Gasteiger partial charge in [-0.1, -0.05) is 0 Å². The van der Waals surface area contributed by atoms with Gasteiger partial charge in [0, 0.05) is 0 Å². The van der Waals surface area contributed by atoms with Crippen molar-refractivity contribution in [1.82, 2.24) is 6.95 Å². The van der Waals surface area contributed by atoms with Crippen LogP contribution in [-0.2, 0) is 0 Å². The van der Waals surface area contributed by atoms with Crippen molar-refractivity contribution >= 4 is 22.2 Å². The van der Waals surface area contributed by atoms with Crippen molar-refractivity contribution in [3.63, 3.8) is 0 Å². The SMILES string of the molecule is CC[NH][Sb][NH]CC. The fourth-order valence-electron chi connectivity index (χ4n) is 0.214. The van der Waals surface area contributed by atoms with E-state index in [-0.39, 0.29) is 22.2 Å². The Bertz CT molecular complexity index is 28.9. The molecule has 0 rings (SSSR count). The van der Waals surface area contributed by atoms with Gasteiger partial charge in [-0.2, -0.15) is 0 Å². The Labute approximate surface area is 56.3 Å². The van der Waals surface area contributed by atoms with Gasteiger partial charge in [0.1, 0.15) is 0 Å². The Kier molecular flexibility index (Phi) is 7.45. The molecule has 0 aliphatic rings. The van der Waals surface area contributed by atoms with E-state index >= 15 is 0 Å². The van der Waals surface area contributed by atoms with Crippen LogP contribution >= 0.6 is 0 Å². The molecular formula is C4H12N2Sb. The molecule has 0 spiro atoms. The van der Waals surface area contributed by atoms with Crippen molar-refractivity contribution in [2.45, 2.75) is 13.8 Å². The molecule has 7 heavy (non-hydrogen) atoms. The zero-order valence-corrected chi connectivity index (χ0v) is 7.41. The van der Waals surface area contributed by atoms with E-state index < -0.39 is 0 Å². The first-order valence-electron chi connectivity index (χ1n) is 2.57. The molecule has 0 atom stereocenters. The average Bonchev–Trinajstić information content (AvgIpc) is 1.69. The molecule has 0 unspecified atom stereocenters. The summed E-state index contributed by atoms with van der Waals surface area (Å²) in [4.78, 5) is 0. The molecule has 0 heterocycles. The Morgan fingerprint density at radius 1 is 1.14 bits per heavy atom. The predicted octanol–water partition coefficient (Wildman–Crippen LogP) is -0.260. The normalized spacial score (nSPS) is 9.43. The van der Waals surface area contributed by atoms with Gasteiger partial charge >= 0.3 is 56.1 Å². The first-order chi connectivity index (χ1) is 3.41. The summed E-state index contributed by atoms with van der Waals surface area (Å²) in [6.07, 6.45) is 0. The van der Waals surface area contributed by atoms with Crippen LogP contribution in [-0.4, -0.2) is 35.3 Å². The summed E-state index contributed by atoms with van der Waals surface area (Å²) in [5, 5.41) is 0. The summed E-state index contributed by atoms with van der Waals surface area (Å²) < 4.78 is 6.58. The van der Waals surface area contributed by atoms with E-state index in [4.69, 9.17) is 0 Å². The van der Waals surface area contributed by atoms with E-state index in [2.05, 4.69) is 20.8 Å². The molecule has 0 aliphatic heterocycles. The van der Waals surface area contributed by atoms with E-state index in [1.807, 2.05) is 0 Å². The van der Waals surface area contributed by atoms with Gasteiger partial charge in [-0.15, -0.1) is 0 Å². The zero-order chi connectivity index (χ0) is 5.54. The number of nitrogens with one attached hydrogen (secondary N) is 2. The van der Waals surface area contributed by atoms with Gasteiger partial charge in [0.2, 0.25) is 0 Å². The third-order valence-corrected chi connectivity index (χ3v) is 3.18. The molecule has 0 aromatic carbocycles. The fraction of sp³-hybridized carbons (Fsp3) is 1.00. The number of hydrogen-bond donors (Lipinski definition) is 2. The first-order valence-corrected chi connectivity index (χ1v) is 5.12. The quantitative estimate of drug-likeness (QED) is 0.493. The van der Waals surface area contributed by atoms with Crippen LogP contribution in [0.5, 0.6) is 0 Å². The van der Waals surface area contributed by atoms with Crippen LogP contribution in [0.25, 0.3) is 0 Å². The van der Waals surface area contributed by atoms with Crippen LogP contribution in [0.15, 0.2) is 0 Å². The minimum absolute atomic E-state index is 0.171. The molecule has 2 N–H and O–H groups in total. The number of rotatable bonds is 4. The molecule has 0 aromatic heterocycles. The van der Waals surface area contributed by atoms with Crippen LogP contribution < -0.4 is 6.95 Å². The van der Waals surface area contributed by atoms with E-state index in [9.17, 15) is 0 Å². The monoisotopic (exact) mass is 209 g/mol. The van der Waals surface area contributed by atoms with Crippen LogP contribution in [0.1, 0.15) is 13.8 Å². The van der Waals surface area contributed by atoms with E-state index in [0.29, 0.717) is 0 Å². The van der Waals surface area contributed by atoms with Gasteiger partial charge in [0.25, 0.3) is 0 Å². The molecule has 0 saturated heterocycles. The van der Waals surface area contributed by atoms with Crippen LogP contribution in [0.2, 0.25) is 0 Å². The summed E-state index contributed by atoms with van der Waals surface area (Å²) in [5.41, 5.74) is 0. The van der Waals surface area contributed by atoms with Crippen molar-refractivity contribution in [2.24, 2.45) is 0 Å². The molecule has 0 bridgehead atoms. The van der Waals surface area contributed by atoms with Gasteiger partial charge in [0.05, 0.1) is 0 Å². The average molecular weight is 210 g/mol. The molecule has 0 aromatic rings. The Morgan fingerprint density at radius 3 is 1.86 bits per heavy atom. The predicted molar refractivity (Wildman–Crippen MR) is 33.1 cm³/mol. The first kappa shape index (κ1) is 7.74. The molecule has 0 amide bonds. The Balaban J connectivity index is 2.45. The molecule has 1 radical (unpaired) electrons. The second-order valence-electron chi connectivity index (χ2n) is 1.14. The second kappa shape index (κ2) is 6.74. The molecular weight excluding hydrogens is 198 g/mol. The van der Waals surface area contributed by atoms with Crippen LogP contribution in [0, 0.1) is 0 Å². The van der Waals surface area contributed by atoms with Crippen molar-refractivity contribution in [3.8, 4) is 0 Å². The van der Waals surface area contributed by atoms with E-state index in [1.165, 1.54) is 0 Å². The third kappa shape index (κ3) is 6.74. The maximum atomic E-state index is 3.29. The van der Waals surface area contributed by atoms with Crippen molar-refractivity contribution in [3.05, 3.63) is 0 Å². The minimum atomic E-state index is -0.171. The summed E-state index contributed by atoms with van der Waals surface area (Å²) in [5.74, 6) is 0. The molecule has 3 heteroatoms. The molecule has 0 saturated carbocycles. The summed E-state index contributed by atoms with van der Waals surface area (Å²) in [6, 6.07) is 0. The van der Waals surface area contributed by atoms with Gasteiger partial charge in [-0.3, -0.25) is 0 Å². The third-order valence-electron chi connectivity index (χ3n) is 0.474. The van der Waals surface area contributed by atoms with Crippen molar-refractivity contribution in [2.75, 3.05) is 13.1 Å². The van der Waals surface area contributed by atoms with Crippen LogP contribution in [0.3, 0.4) is 0 Å². The van der Waals surface area contributed by atoms with Crippen molar-refractivity contribution in [1.29, 1.82) is 0 Å². The second-order valence-corrected chi connectivity index (χ2v) is 3.58. The van der Waals surface area contributed by atoms with Gasteiger partial charge < -0.3 is 0 Å². The van der Waals surface area contributed by atoms with Crippen molar-refractivity contribution < 1.29 is 0 Å². The fourth-order valence-corrected chi connectivity index (χ4v) is 1.44.